The number of ether oxygens (including phenoxy) is 3. The lowest BCUT2D eigenvalue weighted by atomic mass is 9.99. The molecule has 0 radical (unpaired) electrons. The normalized spacial score (nSPS) is 22.5. The Labute approximate surface area is 275 Å². The fourth-order valence-corrected chi connectivity index (χ4v) is 6.24. The van der Waals surface area contributed by atoms with Gasteiger partial charge in [-0.3, -0.25) is 8.98 Å². The molecule has 0 spiro atoms. The minimum absolute atomic E-state index is 0.0942. The highest BCUT2D eigenvalue weighted by molar-refractivity contribution is 7.86. The summed E-state index contributed by atoms with van der Waals surface area (Å²) in [5.41, 5.74) is 0.858. The van der Waals surface area contributed by atoms with Crippen LogP contribution < -0.4 is 0 Å². The van der Waals surface area contributed by atoms with Crippen LogP contribution in [0.3, 0.4) is 0 Å². The molecule has 0 unspecified atom stereocenters. The maximum atomic E-state index is 12.5. The molecule has 1 fully saturated rings. The first kappa shape index (κ1) is 40.5. The molecule has 11 nitrogen and oxygen atoms in total. The SMILES string of the molecule is CCCCCCCCCCCCCCCCCC(=O)OC[C@H](CO)O[C@@H]1O[C@H](COS(=O)(=O)c2ccc(C)cc2)[C@@H](O)[C@H](O)[C@H]1O. The molecule has 1 heterocycles. The summed E-state index contributed by atoms with van der Waals surface area (Å²) in [6.45, 7) is 2.48. The number of hydrogen-bond donors (Lipinski definition) is 4. The Kier molecular flexibility index (Phi) is 20.1. The number of carbonyl (C=O) groups excluding carboxylic acids is 1. The summed E-state index contributed by atoms with van der Waals surface area (Å²) in [5.74, 6) is -0.440. The van der Waals surface area contributed by atoms with Crippen LogP contribution >= 0.6 is 0 Å². The summed E-state index contributed by atoms with van der Waals surface area (Å²) in [7, 11) is -4.19. The Bertz CT molecular complexity index is 1050. The van der Waals surface area contributed by atoms with Gasteiger partial charge in [-0.15, -0.1) is 0 Å². The third-order valence-corrected chi connectivity index (χ3v) is 9.61. The van der Waals surface area contributed by atoms with E-state index in [4.69, 9.17) is 18.4 Å². The molecule has 266 valence electrons. The second-order valence-corrected chi connectivity index (χ2v) is 14.0. The van der Waals surface area contributed by atoms with Crippen LogP contribution in [0.4, 0.5) is 0 Å². The molecule has 1 aromatic rings. The van der Waals surface area contributed by atoms with Gasteiger partial charge in [-0.05, 0) is 25.5 Å². The number of hydrogen-bond acceptors (Lipinski definition) is 11. The first-order chi connectivity index (χ1) is 22.1. The maximum Gasteiger partial charge on any atom is 0.305 e. The van der Waals surface area contributed by atoms with Crippen LogP contribution in [0.25, 0.3) is 0 Å². The largest absolute Gasteiger partial charge is 0.463 e. The lowest BCUT2D eigenvalue weighted by Gasteiger charge is -2.40. The van der Waals surface area contributed by atoms with Crippen molar-refractivity contribution in [1.29, 1.82) is 0 Å². The fourth-order valence-electron chi connectivity index (χ4n) is 5.32. The predicted octanol–water partition coefficient (Wildman–Crippen LogP) is 4.69. The quantitative estimate of drug-likeness (QED) is 0.0645. The van der Waals surface area contributed by atoms with E-state index in [-0.39, 0.29) is 17.9 Å². The number of carbonyl (C=O) groups is 1. The van der Waals surface area contributed by atoms with E-state index in [0.29, 0.717) is 6.42 Å². The van der Waals surface area contributed by atoms with Crippen LogP contribution in [-0.2, 0) is 33.3 Å². The Morgan fingerprint density at radius 3 is 1.85 bits per heavy atom. The number of unbranched alkanes of at least 4 members (excludes halogenated alkanes) is 14. The highest BCUT2D eigenvalue weighted by atomic mass is 32.2. The van der Waals surface area contributed by atoms with Crippen molar-refractivity contribution in [3.63, 3.8) is 0 Å². The fraction of sp³-hybridized carbons (Fsp3) is 0.794. The molecule has 2 rings (SSSR count). The van der Waals surface area contributed by atoms with Gasteiger partial charge < -0.3 is 34.6 Å². The standard InChI is InChI=1S/C34H58O11S/c1-3-4-5-6-7-8-9-10-11-12-13-14-15-16-17-18-30(36)42-24-27(23-35)44-34-33(39)32(38)31(37)29(45-34)25-43-46(40,41)28-21-19-26(2)20-22-28/h19-22,27,29,31-35,37-39H,3-18,23-25H2,1-2H3/t27-,29+,31+,32-,33+,34+/m0/s1. The molecular weight excluding hydrogens is 616 g/mol. The van der Waals surface area contributed by atoms with Crippen molar-refractivity contribution in [2.75, 3.05) is 19.8 Å². The van der Waals surface area contributed by atoms with Gasteiger partial charge in [0.25, 0.3) is 10.1 Å². The number of esters is 1. The minimum atomic E-state index is -4.19. The van der Waals surface area contributed by atoms with Gasteiger partial charge in [-0.25, -0.2) is 0 Å². The average molecular weight is 675 g/mol. The van der Waals surface area contributed by atoms with E-state index in [1.54, 1.807) is 19.1 Å². The highest BCUT2D eigenvalue weighted by Gasteiger charge is 2.45. The maximum absolute atomic E-state index is 12.5. The molecule has 0 aromatic heterocycles. The molecule has 0 aliphatic carbocycles. The van der Waals surface area contributed by atoms with Gasteiger partial charge >= 0.3 is 5.97 Å². The molecule has 12 heteroatoms. The zero-order chi connectivity index (χ0) is 33.8. The van der Waals surface area contributed by atoms with Gasteiger partial charge in [0.2, 0.25) is 0 Å². The van der Waals surface area contributed by atoms with E-state index in [2.05, 4.69) is 6.92 Å². The van der Waals surface area contributed by atoms with Crippen LogP contribution in [-0.4, -0.2) is 91.4 Å². The van der Waals surface area contributed by atoms with Gasteiger partial charge in [0, 0.05) is 6.42 Å². The second-order valence-electron chi connectivity index (χ2n) is 12.4. The van der Waals surface area contributed by atoms with Crippen LogP contribution in [0.2, 0.25) is 0 Å². The first-order valence-corrected chi connectivity index (χ1v) is 18.6. The third kappa shape index (κ3) is 15.5. The number of aryl methyl sites for hydroxylation is 1. The monoisotopic (exact) mass is 674 g/mol. The molecule has 1 aromatic carbocycles. The molecule has 1 saturated heterocycles. The van der Waals surface area contributed by atoms with Gasteiger partial charge in [-0.1, -0.05) is 115 Å². The van der Waals surface area contributed by atoms with Crippen molar-refractivity contribution < 1.29 is 52.0 Å². The zero-order valence-electron chi connectivity index (χ0n) is 27.8. The van der Waals surface area contributed by atoms with Crippen LogP contribution in [0.1, 0.15) is 115 Å². The summed E-state index contributed by atoms with van der Waals surface area (Å²) < 4.78 is 46.4. The van der Waals surface area contributed by atoms with Gasteiger partial charge in [0.15, 0.2) is 6.29 Å². The van der Waals surface area contributed by atoms with Crippen LogP contribution in [0.15, 0.2) is 29.2 Å². The van der Waals surface area contributed by atoms with Crippen molar-refractivity contribution in [3.05, 3.63) is 29.8 Å². The van der Waals surface area contributed by atoms with E-state index in [9.17, 15) is 33.6 Å². The highest BCUT2D eigenvalue weighted by Crippen LogP contribution is 2.25. The smallest absolute Gasteiger partial charge is 0.305 e. The molecule has 1 aliphatic heterocycles. The van der Waals surface area contributed by atoms with E-state index in [1.165, 1.54) is 82.8 Å². The Balaban J connectivity index is 1.62. The number of benzene rings is 1. The Morgan fingerprint density at radius 2 is 1.33 bits per heavy atom. The van der Waals surface area contributed by atoms with Crippen LogP contribution in [0.5, 0.6) is 0 Å². The topological polar surface area (TPSA) is 169 Å². The van der Waals surface area contributed by atoms with Crippen molar-refractivity contribution in [2.24, 2.45) is 0 Å². The van der Waals surface area contributed by atoms with Crippen molar-refractivity contribution in [3.8, 4) is 0 Å². The number of rotatable bonds is 25. The molecular formula is C34H58O11S. The average Bonchev–Trinajstić information content (AvgIpc) is 3.04. The van der Waals surface area contributed by atoms with Crippen molar-refractivity contribution in [2.45, 2.75) is 158 Å². The number of aliphatic hydroxyl groups excluding tert-OH is 4. The zero-order valence-corrected chi connectivity index (χ0v) is 28.6. The molecule has 0 bridgehead atoms. The molecule has 6 atom stereocenters. The summed E-state index contributed by atoms with van der Waals surface area (Å²) in [4.78, 5) is 12.1. The van der Waals surface area contributed by atoms with E-state index in [1.807, 2.05) is 0 Å². The Morgan fingerprint density at radius 1 is 0.804 bits per heavy atom. The molecule has 0 saturated carbocycles. The van der Waals surface area contributed by atoms with E-state index in [0.717, 1.165) is 24.8 Å². The predicted molar refractivity (Wildman–Crippen MR) is 173 cm³/mol. The molecule has 46 heavy (non-hydrogen) atoms. The van der Waals surface area contributed by atoms with Crippen molar-refractivity contribution >= 4 is 16.1 Å². The summed E-state index contributed by atoms with van der Waals surface area (Å²) in [5, 5.41) is 40.8. The summed E-state index contributed by atoms with van der Waals surface area (Å²) in [6, 6.07) is 5.96. The minimum Gasteiger partial charge on any atom is -0.463 e. The lowest BCUT2D eigenvalue weighted by Crippen LogP contribution is -2.60. The van der Waals surface area contributed by atoms with Gasteiger partial charge in [0.05, 0.1) is 18.1 Å². The van der Waals surface area contributed by atoms with Crippen molar-refractivity contribution in [1.82, 2.24) is 0 Å². The Hall–Kier alpha value is -1.64. The molecule has 4 N–H and O–H groups in total. The van der Waals surface area contributed by atoms with E-state index < -0.39 is 66.1 Å². The van der Waals surface area contributed by atoms with Gasteiger partial charge in [0.1, 0.15) is 37.1 Å². The first-order valence-electron chi connectivity index (χ1n) is 17.2. The summed E-state index contributed by atoms with van der Waals surface area (Å²) in [6.07, 6.45) is 9.45. The van der Waals surface area contributed by atoms with Gasteiger partial charge in [-0.2, -0.15) is 8.42 Å². The second kappa shape index (κ2) is 22.8. The van der Waals surface area contributed by atoms with E-state index >= 15 is 0 Å². The third-order valence-electron chi connectivity index (χ3n) is 8.31. The summed E-state index contributed by atoms with van der Waals surface area (Å²) >= 11 is 0. The molecule has 0 amide bonds. The van der Waals surface area contributed by atoms with Crippen LogP contribution in [0, 0.1) is 6.92 Å². The molecule has 1 aliphatic rings. The number of aliphatic hydroxyl groups is 4. The lowest BCUT2D eigenvalue weighted by molar-refractivity contribution is -0.314.